The Labute approximate surface area is 165 Å². The van der Waals surface area contributed by atoms with E-state index in [0.29, 0.717) is 0 Å². The third-order valence-corrected chi connectivity index (χ3v) is 7.33. The Morgan fingerprint density at radius 2 is 1.52 bits per heavy atom. The minimum absolute atomic E-state index is 0.270. The minimum atomic E-state index is -0.692. The highest BCUT2D eigenvalue weighted by atomic mass is 16.4. The van der Waals surface area contributed by atoms with Crippen LogP contribution >= 0.6 is 0 Å². The standard InChI is InChI=1S/C25H38O2/c1-2-4-19-7-11-21(12-8-19)23-15-17-24(18-16-23)22-13-9-20(10-14-22)5-3-6-25(26)27/h9-10,13-14,19,21,23-24H,2-8,11-12,15-18H2,1H3,(H,26,27). The quantitative estimate of drug-likeness (QED) is 0.536. The van der Waals surface area contributed by atoms with Gasteiger partial charge < -0.3 is 5.11 Å². The molecule has 2 heteroatoms. The number of carboxylic acid groups (broad SMARTS) is 1. The van der Waals surface area contributed by atoms with Crippen molar-refractivity contribution in [3.8, 4) is 0 Å². The molecule has 0 bridgehead atoms. The topological polar surface area (TPSA) is 37.3 Å². The van der Waals surface area contributed by atoms with E-state index < -0.39 is 5.97 Å². The molecule has 2 nitrogen and oxygen atoms in total. The number of benzene rings is 1. The van der Waals surface area contributed by atoms with E-state index >= 15 is 0 Å². The second kappa shape index (κ2) is 10.3. The van der Waals surface area contributed by atoms with Gasteiger partial charge >= 0.3 is 5.97 Å². The van der Waals surface area contributed by atoms with Gasteiger partial charge in [-0.15, -0.1) is 0 Å². The lowest BCUT2D eigenvalue weighted by Gasteiger charge is -2.38. The molecule has 1 aromatic carbocycles. The average molecular weight is 371 g/mol. The van der Waals surface area contributed by atoms with Gasteiger partial charge in [-0.05, 0) is 86.2 Å². The van der Waals surface area contributed by atoms with Gasteiger partial charge in [0.1, 0.15) is 0 Å². The smallest absolute Gasteiger partial charge is 0.303 e. The Balaban J connectivity index is 1.42. The maximum Gasteiger partial charge on any atom is 0.303 e. The van der Waals surface area contributed by atoms with Crippen LogP contribution in [0, 0.1) is 17.8 Å². The molecule has 0 amide bonds. The van der Waals surface area contributed by atoms with Crippen LogP contribution in [0.1, 0.15) is 101 Å². The van der Waals surface area contributed by atoms with Crippen molar-refractivity contribution in [2.75, 3.05) is 0 Å². The second-order valence-corrected chi connectivity index (χ2v) is 9.17. The number of hydrogen-bond acceptors (Lipinski definition) is 1. The van der Waals surface area contributed by atoms with Gasteiger partial charge in [0.2, 0.25) is 0 Å². The minimum Gasteiger partial charge on any atom is -0.481 e. The summed E-state index contributed by atoms with van der Waals surface area (Å²) in [6.07, 6.45) is 16.2. The Morgan fingerprint density at radius 1 is 0.926 bits per heavy atom. The van der Waals surface area contributed by atoms with Crippen molar-refractivity contribution in [2.24, 2.45) is 17.8 Å². The van der Waals surface area contributed by atoms with E-state index in [2.05, 4.69) is 31.2 Å². The third kappa shape index (κ3) is 6.09. The zero-order chi connectivity index (χ0) is 19.1. The Morgan fingerprint density at radius 3 is 2.07 bits per heavy atom. The maximum atomic E-state index is 10.6. The van der Waals surface area contributed by atoms with Crippen LogP contribution in [0.3, 0.4) is 0 Å². The van der Waals surface area contributed by atoms with Crippen LogP contribution in [0.4, 0.5) is 0 Å². The highest BCUT2D eigenvalue weighted by molar-refractivity contribution is 5.66. The summed E-state index contributed by atoms with van der Waals surface area (Å²) in [7, 11) is 0. The van der Waals surface area contributed by atoms with Crippen LogP contribution in [-0.4, -0.2) is 11.1 Å². The third-order valence-electron chi connectivity index (χ3n) is 7.33. The summed E-state index contributed by atoms with van der Waals surface area (Å²) in [6, 6.07) is 9.05. The van der Waals surface area contributed by atoms with E-state index in [4.69, 9.17) is 5.11 Å². The van der Waals surface area contributed by atoms with E-state index in [1.165, 1.54) is 75.3 Å². The van der Waals surface area contributed by atoms with Crippen molar-refractivity contribution in [1.29, 1.82) is 0 Å². The summed E-state index contributed by atoms with van der Waals surface area (Å²) in [5, 5.41) is 8.76. The lowest BCUT2D eigenvalue weighted by atomic mass is 9.68. The Kier molecular flexibility index (Phi) is 7.79. The van der Waals surface area contributed by atoms with Gasteiger partial charge in [-0.25, -0.2) is 0 Å². The second-order valence-electron chi connectivity index (χ2n) is 9.17. The van der Waals surface area contributed by atoms with Gasteiger partial charge in [-0.3, -0.25) is 4.79 Å². The van der Waals surface area contributed by atoms with Crippen molar-refractivity contribution in [1.82, 2.24) is 0 Å². The molecular formula is C25H38O2. The first-order valence-electron chi connectivity index (χ1n) is 11.5. The summed E-state index contributed by atoms with van der Waals surface area (Å²) in [5.74, 6) is 3.07. The van der Waals surface area contributed by atoms with Crippen molar-refractivity contribution < 1.29 is 9.90 Å². The summed E-state index contributed by atoms with van der Waals surface area (Å²) in [4.78, 5) is 10.6. The molecule has 0 saturated heterocycles. The molecule has 2 fully saturated rings. The Hall–Kier alpha value is -1.31. The van der Waals surface area contributed by atoms with Gasteiger partial charge in [0.05, 0.1) is 0 Å². The van der Waals surface area contributed by atoms with E-state index in [1.807, 2.05) is 0 Å². The summed E-state index contributed by atoms with van der Waals surface area (Å²) >= 11 is 0. The predicted molar refractivity (Wildman–Crippen MR) is 112 cm³/mol. The van der Waals surface area contributed by atoms with Crippen molar-refractivity contribution >= 4 is 5.97 Å². The van der Waals surface area contributed by atoms with E-state index in [-0.39, 0.29) is 6.42 Å². The molecular weight excluding hydrogens is 332 g/mol. The molecule has 27 heavy (non-hydrogen) atoms. The van der Waals surface area contributed by atoms with Crippen LogP contribution in [0.5, 0.6) is 0 Å². The normalized spacial score (nSPS) is 28.8. The van der Waals surface area contributed by atoms with Crippen molar-refractivity contribution in [3.63, 3.8) is 0 Å². The molecule has 150 valence electrons. The zero-order valence-electron chi connectivity index (χ0n) is 17.2. The average Bonchev–Trinajstić information content (AvgIpc) is 2.69. The molecule has 0 spiro atoms. The van der Waals surface area contributed by atoms with Crippen molar-refractivity contribution in [3.05, 3.63) is 35.4 Å². The number of hydrogen-bond donors (Lipinski definition) is 1. The van der Waals surface area contributed by atoms with Gasteiger partial charge in [-0.1, -0.05) is 56.9 Å². The van der Waals surface area contributed by atoms with E-state index in [0.717, 1.165) is 36.5 Å². The molecule has 0 heterocycles. The monoisotopic (exact) mass is 370 g/mol. The first-order valence-corrected chi connectivity index (χ1v) is 11.5. The Bertz CT molecular complexity index is 560. The number of carbonyl (C=O) groups is 1. The lowest BCUT2D eigenvalue weighted by molar-refractivity contribution is -0.137. The summed E-state index contributed by atoms with van der Waals surface area (Å²) in [5.41, 5.74) is 2.78. The fourth-order valence-corrected chi connectivity index (χ4v) is 5.68. The van der Waals surface area contributed by atoms with E-state index in [9.17, 15) is 4.79 Å². The number of rotatable bonds is 8. The van der Waals surface area contributed by atoms with Crippen LogP contribution in [0.25, 0.3) is 0 Å². The first kappa shape index (κ1) is 20.4. The van der Waals surface area contributed by atoms with Crippen LogP contribution in [-0.2, 0) is 11.2 Å². The molecule has 0 radical (unpaired) electrons. The molecule has 2 aliphatic carbocycles. The van der Waals surface area contributed by atoms with E-state index in [1.54, 1.807) is 0 Å². The highest BCUT2D eigenvalue weighted by Gasteiger charge is 2.31. The van der Waals surface area contributed by atoms with Gasteiger partial charge in [-0.2, -0.15) is 0 Å². The van der Waals surface area contributed by atoms with Gasteiger partial charge in [0.15, 0.2) is 0 Å². The molecule has 3 rings (SSSR count). The number of aliphatic carboxylic acids is 1. The van der Waals surface area contributed by atoms with Crippen LogP contribution < -0.4 is 0 Å². The fourth-order valence-electron chi connectivity index (χ4n) is 5.68. The van der Waals surface area contributed by atoms with Crippen LogP contribution in [0.2, 0.25) is 0 Å². The lowest BCUT2D eigenvalue weighted by Crippen LogP contribution is -2.25. The maximum absolute atomic E-state index is 10.6. The molecule has 0 aromatic heterocycles. The molecule has 2 saturated carbocycles. The van der Waals surface area contributed by atoms with Gasteiger partial charge in [0.25, 0.3) is 0 Å². The first-order chi connectivity index (χ1) is 13.2. The predicted octanol–water partition coefficient (Wildman–Crippen LogP) is 6.97. The molecule has 0 aliphatic heterocycles. The molecule has 1 N–H and O–H groups in total. The number of carboxylic acids is 1. The fraction of sp³-hybridized carbons (Fsp3) is 0.720. The largest absolute Gasteiger partial charge is 0.481 e. The molecule has 0 atom stereocenters. The summed E-state index contributed by atoms with van der Waals surface area (Å²) in [6.45, 7) is 2.33. The highest BCUT2D eigenvalue weighted by Crippen LogP contribution is 2.44. The zero-order valence-corrected chi connectivity index (χ0v) is 17.2. The summed E-state index contributed by atoms with van der Waals surface area (Å²) < 4.78 is 0. The van der Waals surface area contributed by atoms with Crippen molar-refractivity contribution in [2.45, 2.75) is 96.3 Å². The van der Waals surface area contributed by atoms with Crippen LogP contribution in [0.15, 0.2) is 24.3 Å². The van der Waals surface area contributed by atoms with Gasteiger partial charge in [0, 0.05) is 6.42 Å². The molecule has 1 aromatic rings. The molecule has 2 aliphatic rings. The molecule has 0 unspecified atom stereocenters. The SMILES string of the molecule is CCCC1CCC(C2CCC(c3ccc(CCCC(=O)O)cc3)CC2)CC1. The number of aryl methyl sites for hydroxylation is 1.